The lowest BCUT2D eigenvalue weighted by atomic mass is 10.1. The van der Waals surface area contributed by atoms with Crippen molar-refractivity contribution in [2.24, 2.45) is 0 Å². The van der Waals surface area contributed by atoms with Crippen molar-refractivity contribution in [3.05, 3.63) is 0 Å². The number of methoxy groups -OCH3 is 1. The highest BCUT2D eigenvalue weighted by Gasteiger charge is 2.06. The molecule has 0 aromatic carbocycles. The van der Waals surface area contributed by atoms with Gasteiger partial charge in [0, 0.05) is 19.2 Å². The molecule has 0 amide bonds. The van der Waals surface area contributed by atoms with E-state index < -0.39 is 0 Å². The van der Waals surface area contributed by atoms with Gasteiger partial charge in [0.15, 0.2) is 0 Å². The van der Waals surface area contributed by atoms with Crippen LogP contribution in [0, 0.1) is 0 Å². The van der Waals surface area contributed by atoms with Crippen molar-refractivity contribution in [1.29, 1.82) is 0 Å². The molecule has 182 valence electrons. The van der Waals surface area contributed by atoms with Gasteiger partial charge in [0.05, 0.1) is 99.1 Å². The van der Waals surface area contributed by atoms with Crippen LogP contribution in [0.5, 0.6) is 0 Å². The van der Waals surface area contributed by atoms with E-state index in [-0.39, 0.29) is 5.54 Å². The molecule has 30 heavy (non-hydrogen) atoms. The van der Waals surface area contributed by atoms with E-state index in [1.807, 2.05) is 0 Å². The minimum Gasteiger partial charge on any atom is -0.382 e. The Balaban J connectivity index is 3.02. The van der Waals surface area contributed by atoms with Gasteiger partial charge < -0.3 is 43.2 Å². The topological polar surface area (TPSA) is 85.9 Å². The third kappa shape index (κ3) is 27.6. The van der Waals surface area contributed by atoms with Crippen LogP contribution in [0.4, 0.5) is 0 Å². The van der Waals surface area contributed by atoms with Crippen LogP contribution in [0.3, 0.4) is 0 Å². The molecule has 0 aromatic rings. The maximum Gasteiger partial charge on any atom is 0.0701 e. The molecule has 0 heterocycles. The fourth-order valence-corrected chi connectivity index (χ4v) is 2.06. The van der Waals surface area contributed by atoms with Crippen LogP contribution in [0.25, 0.3) is 0 Å². The molecule has 1 N–H and O–H groups in total. The van der Waals surface area contributed by atoms with E-state index in [9.17, 15) is 0 Å². The Labute approximate surface area is 182 Å². The summed E-state index contributed by atoms with van der Waals surface area (Å²) in [4.78, 5) is 0. The zero-order valence-corrected chi connectivity index (χ0v) is 19.6. The Morgan fingerprint density at radius 1 is 0.433 bits per heavy atom. The molecule has 9 nitrogen and oxygen atoms in total. The van der Waals surface area contributed by atoms with Crippen molar-refractivity contribution in [3.63, 3.8) is 0 Å². The molecule has 0 fully saturated rings. The van der Waals surface area contributed by atoms with Crippen molar-refractivity contribution in [3.8, 4) is 0 Å². The van der Waals surface area contributed by atoms with Crippen LogP contribution < -0.4 is 5.32 Å². The molecule has 0 unspecified atom stereocenters. The number of hydrogen-bond donors (Lipinski definition) is 1. The number of rotatable bonds is 24. The lowest BCUT2D eigenvalue weighted by molar-refractivity contribution is -0.0220. The first-order valence-electron chi connectivity index (χ1n) is 10.8. The van der Waals surface area contributed by atoms with E-state index in [1.165, 1.54) is 0 Å². The number of ether oxygens (including phenoxy) is 8. The van der Waals surface area contributed by atoms with Crippen LogP contribution in [0.15, 0.2) is 0 Å². The minimum absolute atomic E-state index is 0.128. The largest absolute Gasteiger partial charge is 0.382 e. The van der Waals surface area contributed by atoms with E-state index in [4.69, 9.17) is 37.9 Å². The molecular weight excluding hydrogens is 394 g/mol. The highest BCUT2D eigenvalue weighted by atomic mass is 16.6. The van der Waals surface area contributed by atoms with Crippen molar-refractivity contribution < 1.29 is 37.9 Å². The summed E-state index contributed by atoms with van der Waals surface area (Å²) < 4.78 is 42.8. The quantitative estimate of drug-likeness (QED) is 0.223. The van der Waals surface area contributed by atoms with Gasteiger partial charge in [-0.15, -0.1) is 0 Å². The van der Waals surface area contributed by atoms with Gasteiger partial charge in [-0.1, -0.05) is 0 Å². The number of hydrogen-bond acceptors (Lipinski definition) is 9. The van der Waals surface area contributed by atoms with E-state index >= 15 is 0 Å². The van der Waals surface area contributed by atoms with Crippen molar-refractivity contribution in [2.45, 2.75) is 26.3 Å². The maximum atomic E-state index is 5.49. The summed E-state index contributed by atoms with van der Waals surface area (Å²) in [7, 11) is 1.65. The molecule has 0 atom stereocenters. The molecule has 0 rings (SSSR count). The summed E-state index contributed by atoms with van der Waals surface area (Å²) in [5.41, 5.74) is 0.128. The average molecular weight is 440 g/mol. The molecule has 0 saturated heterocycles. The maximum absolute atomic E-state index is 5.49. The van der Waals surface area contributed by atoms with Gasteiger partial charge in [-0.05, 0) is 20.8 Å². The van der Waals surface area contributed by atoms with Gasteiger partial charge in [-0.25, -0.2) is 0 Å². The molecule has 0 aliphatic rings. The van der Waals surface area contributed by atoms with E-state index in [2.05, 4.69) is 26.1 Å². The lowest BCUT2D eigenvalue weighted by Gasteiger charge is -2.20. The molecule has 0 saturated carbocycles. The summed E-state index contributed by atoms with van der Waals surface area (Å²) in [5, 5.41) is 3.37. The smallest absolute Gasteiger partial charge is 0.0701 e. The molecule has 0 bridgehead atoms. The SMILES string of the molecule is COCCOCCOCCOCCOCCOCCOCCOCCNC(C)(C)C. The van der Waals surface area contributed by atoms with E-state index in [0.717, 1.165) is 6.54 Å². The monoisotopic (exact) mass is 439 g/mol. The Morgan fingerprint density at radius 3 is 0.967 bits per heavy atom. The van der Waals surface area contributed by atoms with Crippen LogP contribution in [-0.4, -0.2) is 118 Å². The zero-order valence-electron chi connectivity index (χ0n) is 19.6. The standard InChI is InChI=1S/C21H45NO8/c1-21(2,3)22-5-6-24-9-10-26-13-14-28-17-18-30-20-19-29-16-15-27-12-11-25-8-7-23-4/h22H,5-20H2,1-4H3. The first kappa shape index (κ1) is 29.6. The summed E-state index contributed by atoms with van der Waals surface area (Å²) in [6, 6.07) is 0. The fraction of sp³-hybridized carbons (Fsp3) is 1.00. The molecular formula is C21H45NO8. The third-order valence-corrected chi connectivity index (χ3v) is 3.57. The Morgan fingerprint density at radius 2 is 0.700 bits per heavy atom. The van der Waals surface area contributed by atoms with E-state index in [1.54, 1.807) is 7.11 Å². The van der Waals surface area contributed by atoms with Gasteiger partial charge in [-0.2, -0.15) is 0 Å². The van der Waals surface area contributed by atoms with Crippen molar-refractivity contribution in [2.75, 3.05) is 113 Å². The van der Waals surface area contributed by atoms with Gasteiger partial charge in [0.1, 0.15) is 0 Å². The summed E-state index contributed by atoms with van der Waals surface area (Å²) in [6.07, 6.45) is 0. The lowest BCUT2D eigenvalue weighted by Crippen LogP contribution is -2.38. The minimum atomic E-state index is 0.128. The third-order valence-electron chi connectivity index (χ3n) is 3.57. The Hall–Kier alpha value is -0.360. The first-order valence-corrected chi connectivity index (χ1v) is 10.8. The molecule has 0 spiro atoms. The molecule has 0 radical (unpaired) electrons. The van der Waals surface area contributed by atoms with Gasteiger partial charge in [0.2, 0.25) is 0 Å². The van der Waals surface area contributed by atoms with Crippen LogP contribution in [0.1, 0.15) is 20.8 Å². The van der Waals surface area contributed by atoms with Crippen molar-refractivity contribution in [1.82, 2.24) is 5.32 Å². The van der Waals surface area contributed by atoms with Crippen LogP contribution in [0.2, 0.25) is 0 Å². The highest BCUT2D eigenvalue weighted by molar-refractivity contribution is 4.69. The average Bonchev–Trinajstić information content (AvgIpc) is 2.70. The van der Waals surface area contributed by atoms with Gasteiger partial charge >= 0.3 is 0 Å². The summed E-state index contributed by atoms with van der Waals surface area (Å²) >= 11 is 0. The first-order chi connectivity index (χ1) is 14.6. The van der Waals surface area contributed by atoms with Crippen LogP contribution in [-0.2, 0) is 37.9 Å². The predicted molar refractivity (Wildman–Crippen MR) is 115 cm³/mol. The molecule has 0 aliphatic heterocycles. The zero-order chi connectivity index (χ0) is 22.2. The molecule has 0 aliphatic carbocycles. The molecule has 9 heteroatoms. The second-order valence-electron chi connectivity index (χ2n) is 7.46. The highest BCUT2D eigenvalue weighted by Crippen LogP contribution is 1.96. The second-order valence-corrected chi connectivity index (χ2v) is 7.46. The van der Waals surface area contributed by atoms with Gasteiger partial charge in [0.25, 0.3) is 0 Å². The van der Waals surface area contributed by atoms with Crippen molar-refractivity contribution >= 4 is 0 Å². The van der Waals surface area contributed by atoms with Crippen LogP contribution >= 0.6 is 0 Å². The molecule has 0 aromatic heterocycles. The van der Waals surface area contributed by atoms with Gasteiger partial charge in [-0.3, -0.25) is 0 Å². The Bertz CT molecular complexity index is 329. The fourth-order valence-electron chi connectivity index (χ4n) is 2.06. The normalized spacial score (nSPS) is 12.0. The predicted octanol–water partition coefficient (Wildman–Crippen LogP) is 1.14. The summed E-state index contributed by atoms with van der Waals surface area (Å²) in [6.45, 7) is 15.8. The second kappa shape index (κ2) is 23.3. The number of nitrogens with one attached hydrogen (secondary N) is 1. The Kier molecular flexibility index (Phi) is 23.0. The van der Waals surface area contributed by atoms with E-state index in [0.29, 0.717) is 99.1 Å². The summed E-state index contributed by atoms with van der Waals surface area (Å²) in [5.74, 6) is 0.